The zero-order chi connectivity index (χ0) is 14.7. The lowest BCUT2D eigenvalue weighted by atomic mass is 9.73. The van der Waals surface area contributed by atoms with E-state index in [2.05, 4.69) is 60.9 Å². The van der Waals surface area contributed by atoms with Crippen molar-refractivity contribution in [2.24, 2.45) is 5.41 Å². The van der Waals surface area contributed by atoms with E-state index in [0.29, 0.717) is 11.5 Å². The van der Waals surface area contributed by atoms with Gasteiger partial charge in [0.1, 0.15) is 0 Å². The Morgan fingerprint density at radius 3 is 2.71 bits per heavy atom. The molecule has 0 spiro atoms. The lowest BCUT2D eigenvalue weighted by Gasteiger charge is -2.39. The molecule has 1 saturated carbocycles. The third-order valence-electron chi connectivity index (χ3n) is 4.79. The van der Waals surface area contributed by atoms with Crippen molar-refractivity contribution in [3.8, 4) is 11.1 Å². The number of hydrogen-bond acceptors (Lipinski definition) is 2. The minimum Gasteiger partial charge on any atom is -0.309 e. The van der Waals surface area contributed by atoms with Crippen LogP contribution in [-0.2, 0) is 6.54 Å². The van der Waals surface area contributed by atoms with Crippen molar-refractivity contribution in [1.29, 1.82) is 0 Å². The number of thiophene rings is 1. The Bertz CT molecular complexity index is 570. The van der Waals surface area contributed by atoms with E-state index >= 15 is 0 Å². The molecule has 1 fully saturated rings. The predicted molar refractivity (Wildman–Crippen MR) is 92.6 cm³/mol. The van der Waals surface area contributed by atoms with Gasteiger partial charge in [0.05, 0.1) is 0 Å². The lowest BCUT2D eigenvalue weighted by Crippen LogP contribution is -2.43. The molecule has 0 radical (unpaired) electrons. The first kappa shape index (κ1) is 14.8. The van der Waals surface area contributed by atoms with Crippen LogP contribution in [0.2, 0.25) is 0 Å². The van der Waals surface area contributed by atoms with Gasteiger partial charge >= 0.3 is 0 Å². The summed E-state index contributed by atoms with van der Waals surface area (Å²) in [5, 5.41) is 6.08. The maximum absolute atomic E-state index is 3.80. The summed E-state index contributed by atoms with van der Waals surface area (Å²) < 4.78 is 0. The second kappa shape index (κ2) is 6.33. The van der Waals surface area contributed by atoms with Crippen LogP contribution in [0.5, 0.6) is 0 Å². The highest BCUT2D eigenvalue weighted by molar-refractivity contribution is 7.10. The SMILES string of the molecule is CC1(C)CCCCC1NCc1cc(-c2ccccc2)cs1. The summed E-state index contributed by atoms with van der Waals surface area (Å²) >= 11 is 1.87. The van der Waals surface area contributed by atoms with Gasteiger partial charge in [0.2, 0.25) is 0 Å². The van der Waals surface area contributed by atoms with Gasteiger partial charge in [0.15, 0.2) is 0 Å². The van der Waals surface area contributed by atoms with Crippen LogP contribution in [0, 0.1) is 5.41 Å². The van der Waals surface area contributed by atoms with Crippen LogP contribution in [0.25, 0.3) is 11.1 Å². The molecule has 1 aromatic heterocycles. The molecule has 1 aliphatic carbocycles. The third-order valence-corrected chi connectivity index (χ3v) is 5.73. The van der Waals surface area contributed by atoms with Crippen LogP contribution in [0.15, 0.2) is 41.8 Å². The van der Waals surface area contributed by atoms with Crippen molar-refractivity contribution in [3.63, 3.8) is 0 Å². The Balaban J connectivity index is 1.63. The number of benzene rings is 1. The molecule has 2 heteroatoms. The summed E-state index contributed by atoms with van der Waals surface area (Å²) in [6.45, 7) is 5.83. The summed E-state index contributed by atoms with van der Waals surface area (Å²) in [5.74, 6) is 0. The van der Waals surface area contributed by atoms with Crippen molar-refractivity contribution in [3.05, 3.63) is 46.7 Å². The summed E-state index contributed by atoms with van der Waals surface area (Å²) in [6.07, 6.45) is 5.44. The van der Waals surface area contributed by atoms with E-state index in [4.69, 9.17) is 0 Å². The van der Waals surface area contributed by atoms with Gasteiger partial charge in [-0.1, -0.05) is 57.0 Å². The lowest BCUT2D eigenvalue weighted by molar-refractivity contribution is 0.167. The van der Waals surface area contributed by atoms with Crippen LogP contribution in [0.4, 0.5) is 0 Å². The van der Waals surface area contributed by atoms with Gasteiger partial charge in [-0.15, -0.1) is 11.3 Å². The molecule has 3 rings (SSSR count). The fourth-order valence-corrected chi connectivity index (χ4v) is 4.20. The molecule has 112 valence electrons. The van der Waals surface area contributed by atoms with E-state index < -0.39 is 0 Å². The normalized spacial score (nSPS) is 21.3. The maximum Gasteiger partial charge on any atom is 0.0302 e. The second-order valence-electron chi connectivity index (χ2n) is 6.84. The highest BCUT2D eigenvalue weighted by Gasteiger charge is 2.31. The minimum atomic E-state index is 0.442. The first-order valence-corrected chi connectivity index (χ1v) is 8.89. The zero-order valence-electron chi connectivity index (χ0n) is 13.1. The summed E-state index contributed by atoms with van der Waals surface area (Å²) in [5.41, 5.74) is 3.11. The van der Waals surface area contributed by atoms with Crippen LogP contribution in [-0.4, -0.2) is 6.04 Å². The highest BCUT2D eigenvalue weighted by atomic mass is 32.1. The van der Waals surface area contributed by atoms with Crippen molar-refractivity contribution in [2.45, 2.75) is 52.1 Å². The van der Waals surface area contributed by atoms with Gasteiger partial charge in [-0.05, 0) is 40.8 Å². The number of rotatable bonds is 4. The van der Waals surface area contributed by atoms with E-state index in [1.807, 2.05) is 11.3 Å². The topological polar surface area (TPSA) is 12.0 Å². The quantitative estimate of drug-likeness (QED) is 0.789. The molecule has 1 atom stereocenters. The fraction of sp³-hybridized carbons (Fsp3) is 0.474. The van der Waals surface area contributed by atoms with Gasteiger partial charge in [0.25, 0.3) is 0 Å². The monoisotopic (exact) mass is 299 g/mol. The van der Waals surface area contributed by atoms with E-state index in [1.165, 1.54) is 41.7 Å². The average molecular weight is 299 g/mol. The highest BCUT2D eigenvalue weighted by Crippen LogP contribution is 2.35. The molecule has 1 nitrogen and oxygen atoms in total. The molecule has 0 aliphatic heterocycles. The molecule has 1 unspecified atom stereocenters. The number of nitrogens with one attached hydrogen (secondary N) is 1. The zero-order valence-corrected chi connectivity index (χ0v) is 13.9. The average Bonchev–Trinajstić information content (AvgIpc) is 2.95. The van der Waals surface area contributed by atoms with E-state index in [1.54, 1.807) is 0 Å². The minimum absolute atomic E-state index is 0.442. The molecular formula is C19H25NS. The Hall–Kier alpha value is -1.12. The van der Waals surface area contributed by atoms with Gasteiger partial charge in [-0.2, -0.15) is 0 Å². The van der Waals surface area contributed by atoms with E-state index in [9.17, 15) is 0 Å². The molecule has 1 heterocycles. The van der Waals surface area contributed by atoms with Crippen molar-refractivity contribution < 1.29 is 0 Å². The number of hydrogen-bond donors (Lipinski definition) is 1. The smallest absolute Gasteiger partial charge is 0.0302 e. The van der Waals surface area contributed by atoms with Gasteiger partial charge in [-0.25, -0.2) is 0 Å². The predicted octanol–water partition coefficient (Wildman–Crippen LogP) is 5.47. The molecule has 0 amide bonds. The summed E-state index contributed by atoms with van der Waals surface area (Å²) in [7, 11) is 0. The Morgan fingerprint density at radius 2 is 1.95 bits per heavy atom. The van der Waals surface area contributed by atoms with Crippen LogP contribution in [0.1, 0.15) is 44.4 Å². The van der Waals surface area contributed by atoms with Gasteiger partial charge in [-0.3, -0.25) is 0 Å². The van der Waals surface area contributed by atoms with Crippen molar-refractivity contribution >= 4 is 11.3 Å². The van der Waals surface area contributed by atoms with E-state index in [-0.39, 0.29) is 0 Å². The van der Waals surface area contributed by atoms with Gasteiger partial charge < -0.3 is 5.32 Å². The van der Waals surface area contributed by atoms with Gasteiger partial charge in [0, 0.05) is 17.5 Å². The van der Waals surface area contributed by atoms with Crippen LogP contribution < -0.4 is 5.32 Å². The molecule has 1 aromatic carbocycles. The van der Waals surface area contributed by atoms with Crippen LogP contribution >= 0.6 is 11.3 Å². The maximum atomic E-state index is 3.80. The molecule has 21 heavy (non-hydrogen) atoms. The standard InChI is InChI=1S/C19H25NS/c1-19(2)11-7-6-10-18(19)20-13-17-12-16(14-21-17)15-8-4-3-5-9-15/h3-5,8-9,12,14,18,20H,6-7,10-11,13H2,1-2H3. The summed E-state index contributed by atoms with van der Waals surface area (Å²) in [4.78, 5) is 1.44. The first-order chi connectivity index (χ1) is 10.1. The third kappa shape index (κ3) is 3.56. The first-order valence-electron chi connectivity index (χ1n) is 8.01. The molecule has 0 saturated heterocycles. The van der Waals surface area contributed by atoms with Crippen molar-refractivity contribution in [1.82, 2.24) is 5.32 Å². The second-order valence-corrected chi connectivity index (χ2v) is 7.83. The van der Waals surface area contributed by atoms with E-state index in [0.717, 1.165) is 6.54 Å². The fourth-order valence-electron chi connectivity index (χ4n) is 3.35. The molecule has 1 N–H and O–H groups in total. The molecule has 1 aliphatic rings. The largest absolute Gasteiger partial charge is 0.309 e. The molecular weight excluding hydrogens is 274 g/mol. The van der Waals surface area contributed by atoms with Crippen molar-refractivity contribution in [2.75, 3.05) is 0 Å². The Kier molecular flexibility index (Phi) is 4.46. The Morgan fingerprint density at radius 1 is 1.14 bits per heavy atom. The summed E-state index contributed by atoms with van der Waals surface area (Å²) in [6, 6.07) is 13.7. The van der Waals surface area contributed by atoms with Crippen LogP contribution in [0.3, 0.4) is 0 Å². The molecule has 2 aromatic rings. The molecule has 0 bridgehead atoms. The Labute approximate surface area is 132 Å².